The molecular formula is C13H18N2O3. The van der Waals surface area contributed by atoms with Crippen molar-refractivity contribution in [1.82, 2.24) is 5.32 Å². The molecule has 5 nitrogen and oxygen atoms in total. The van der Waals surface area contributed by atoms with Gasteiger partial charge in [0, 0.05) is 24.7 Å². The number of anilines is 1. The number of rotatable bonds is 3. The molecule has 1 heterocycles. The van der Waals surface area contributed by atoms with E-state index in [1.165, 1.54) is 0 Å². The molecule has 0 saturated carbocycles. The van der Waals surface area contributed by atoms with E-state index in [1.54, 1.807) is 12.1 Å². The van der Waals surface area contributed by atoms with Gasteiger partial charge in [0.25, 0.3) is 0 Å². The zero-order valence-corrected chi connectivity index (χ0v) is 10.5. The predicted molar refractivity (Wildman–Crippen MR) is 69.4 cm³/mol. The maximum atomic E-state index is 11.5. The summed E-state index contributed by atoms with van der Waals surface area (Å²) in [5, 5.41) is 5.51. The number of urea groups is 1. The van der Waals surface area contributed by atoms with Crippen LogP contribution in [-0.2, 0) is 0 Å². The lowest BCUT2D eigenvalue weighted by molar-refractivity contribution is 0.252. The highest BCUT2D eigenvalue weighted by Crippen LogP contribution is 2.32. The van der Waals surface area contributed by atoms with Gasteiger partial charge < -0.3 is 20.1 Å². The Morgan fingerprint density at radius 2 is 2.06 bits per heavy atom. The van der Waals surface area contributed by atoms with Gasteiger partial charge in [-0.15, -0.1) is 0 Å². The van der Waals surface area contributed by atoms with Crippen LogP contribution in [0.3, 0.4) is 0 Å². The van der Waals surface area contributed by atoms with Gasteiger partial charge in [-0.05, 0) is 18.6 Å². The zero-order chi connectivity index (χ0) is 12.8. The van der Waals surface area contributed by atoms with Crippen LogP contribution in [-0.4, -0.2) is 25.8 Å². The van der Waals surface area contributed by atoms with Crippen LogP contribution in [0.25, 0.3) is 0 Å². The van der Waals surface area contributed by atoms with Crippen molar-refractivity contribution in [3.05, 3.63) is 18.2 Å². The van der Waals surface area contributed by atoms with E-state index in [-0.39, 0.29) is 6.03 Å². The van der Waals surface area contributed by atoms with Crippen molar-refractivity contribution in [2.45, 2.75) is 19.8 Å². The first-order valence-corrected chi connectivity index (χ1v) is 6.24. The monoisotopic (exact) mass is 250 g/mol. The first kappa shape index (κ1) is 12.5. The molecule has 2 rings (SSSR count). The van der Waals surface area contributed by atoms with Gasteiger partial charge in [-0.2, -0.15) is 0 Å². The molecule has 1 aliphatic heterocycles. The van der Waals surface area contributed by atoms with E-state index in [4.69, 9.17) is 9.47 Å². The molecule has 0 saturated heterocycles. The highest BCUT2D eigenvalue weighted by molar-refractivity contribution is 5.89. The molecule has 98 valence electrons. The minimum absolute atomic E-state index is 0.202. The van der Waals surface area contributed by atoms with Crippen LogP contribution in [0.2, 0.25) is 0 Å². The van der Waals surface area contributed by atoms with Gasteiger partial charge in [-0.1, -0.05) is 6.92 Å². The zero-order valence-electron chi connectivity index (χ0n) is 10.5. The molecule has 5 heteroatoms. The summed E-state index contributed by atoms with van der Waals surface area (Å²) >= 11 is 0. The average molecular weight is 250 g/mol. The van der Waals surface area contributed by atoms with E-state index in [0.29, 0.717) is 31.2 Å². The fraction of sp³-hybridized carbons (Fsp3) is 0.462. The molecular weight excluding hydrogens is 232 g/mol. The summed E-state index contributed by atoms with van der Waals surface area (Å²) < 4.78 is 11.1. The highest BCUT2D eigenvalue weighted by atomic mass is 16.5. The maximum Gasteiger partial charge on any atom is 0.319 e. The molecule has 1 aromatic rings. The minimum atomic E-state index is -0.202. The van der Waals surface area contributed by atoms with E-state index in [0.717, 1.165) is 18.6 Å². The number of amides is 2. The largest absolute Gasteiger partial charge is 0.490 e. The van der Waals surface area contributed by atoms with Crippen LogP contribution in [0.5, 0.6) is 11.5 Å². The average Bonchev–Trinajstić information content (AvgIpc) is 2.61. The molecule has 0 atom stereocenters. The first-order chi connectivity index (χ1) is 8.79. The van der Waals surface area contributed by atoms with Crippen molar-refractivity contribution in [3.63, 3.8) is 0 Å². The number of carbonyl (C=O) groups is 1. The summed E-state index contributed by atoms with van der Waals surface area (Å²) in [4.78, 5) is 11.5. The summed E-state index contributed by atoms with van der Waals surface area (Å²) in [6.45, 7) is 3.97. The topological polar surface area (TPSA) is 59.6 Å². The third-order valence-electron chi connectivity index (χ3n) is 2.54. The highest BCUT2D eigenvalue weighted by Gasteiger charge is 2.11. The number of benzene rings is 1. The summed E-state index contributed by atoms with van der Waals surface area (Å²) in [5.74, 6) is 1.41. The van der Waals surface area contributed by atoms with Crippen molar-refractivity contribution in [3.8, 4) is 11.5 Å². The Bertz CT molecular complexity index is 421. The molecule has 2 N–H and O–H groups in total. The fourth-order valence-corrected chi connectivity index (χ4v) is 1.65. The number of hydrogen-bond acceptors (Lipinski definition) is 3. The second-order valence-corrected chi connectivity index (χ2v) is 4.09. The van der Waals surface area contributed by atoms with Crippen LogP contribution in [0.15, 0.2) is 18.2 Å². The Morgan fingerprint density at radius 3 is 2.83 bits per heavy atom. The van der Waals surface area contributed by atoms with Crippen LogP contribution < -0.4 is 20.1 Å². The number of carbonyl (C=O) groups excluding carboxylic acids is 1. The predicted octanol–water partition coefficient (Wildman–Crippen LogP) is 2.38. The van der Waals surface area contributed by atoms with Crippen LogP contribution >= 0.6 is 0 Å². The lowest BCUT2D eigenvalue weighted by atomic mass is 10.3. The minimum Gasteiger partial charge on any atom is -0.490 e. The van der Waals surface area contributed by atoms with Crippen molar-refractivity contribution in [2.24, 2.45) is 0 Å². The summed E-state index contributed by atoms with van der Waals surface area (Å²) in [7, 11) is 0. The summed E-state index contributed by atoms with van der Waals surface area (Å²) in [5.41, 5.74) is 0.702. The second-order valence-electron chi connectivity index (χ2n) is 4.09. The number of ether oxygens (including phenoxy) is 2. The summed E-state index contributed by atoms with van der Waals surface area (Å²) in [6.07, 6.45) is 1.78. The molecule has 0 spiro atoms. The van der Waals surface area contributed by atoms with Gasteiger partial charge in [0.2, 0.25) is 0 Å². The molecule has 1 aliphatic rings. The van der Waals surface area contributed by atoms with Gasteiger partial charge in [-0.25, -0.2) is 4.79 Å². The molecule has 0 unspecified atom stereocenters. The van der Waals surface area contributed by atoms with Crippen molar-refractivity contribution >= 4 is 11.7 Å². The Kier molecular flexibility index (Phi) is 4.28. The number of hydrogen-bond donors (Lipinski definition) is 2. The smallest absolute Gasteiger partial charge is 0.319 e. The number of fused-ring (bicyclic) bond motifs is 1. The maximum absolute atomic E-state index is 11.5. The summed E-state index contributed by atoms with van der Waals surface area (Å²) in [6, 6.07) is 5.20. The fourth-order valence-electron chi connectivity index (χ4n) is 1.65. The molecule has 18 heavy (non-hydrogen) atoms. The van der Waals surface area contributed by atoms with Gasteiger partial charge in [0.15, 0.2) is 11.5 Å². The van der Waals surface area contributed by atoms with Gasteiger partial charge in [0.05, 0.1) is 13.2 Å². The molecule has 0 radical (unpaired) electrons. The Hall–Kier alpha value is -1.91. The molecule has 0 bridgehead atoms. The second kappa shape index (κ2) is 6.14. The van der Waals surface area contributed by atoms with Crippen molar-refractivity contribution in [2.75, 3.05) is 25.1 Å². The van der Waals surface area contributed by atoms with Gasteiger partial charge >= 0.3 is 6.03 Å². The molecule has 0 fully saturated rings. The molecule has 1 aromatic carbocycles. The van der Waals surface area contributed by atoms with Crippen LogP contribution in [0, 0.1) is 0 Å². The Morgan fingerprint density at radius 1 is 1.28 bits per heavy atom. The quantitative estimate of drug-likeness (QED) is 0.865. The van der Waals surface area contributed by atoms with Crippen molar-refractivity contribution in [1.29, 1.82) is 0 Å². The van der Waals surface area contributed by atoms with Gasteiger partial charge in [0.1, 0.15) is 0 Å². The first-order valence-electron chi connectivity index (χ1n) is 6.24. The van der Waals surface area contributed by atoms with E-state index in [1.807, 2.05) is 13.0 Å². The van der Waals surface area contributed by atoms with E-state index in [2.05, 4.69) is 10.6 Å². The van der Waals surface area contributed by atoms with E-state index < -0.39 is 0 Å². The van der Waals surface area contributed by atoms with Crippen molar-refractivity contribution < 1.29 is 14.3 Å². The SMILES string of the molecule is CCCNC(=O)Nc1ccc2c(c1)OCCCO2. The van der Waals surface area contributed by atoms with Gasteiger partial charge in [-0.3, -0.25) is 0 Å². The molecule has 0 aromatic heterocycles. The van der Waals surface area contributed by atoms with E-state index in [9.17, 15) is 4.79 Å². The standard InChI is InChI=1S/C13H18N2O3/c1-2-6-14-13(16)15-10-4-5-11-12(9-10)18-8-3-7-17-11/h4-5,9H,2-3,6-8H2,1H3,(H2,14,15,16). The molecule has 0 aliphatic carbocycles. The normalized spacial score (nSPS) is 13.6. The molecule has 2 amide bonds. The van der Waals surface area contributed by atoms with Crippen LogP contribution in [0.1, 0.15) is 19.8 Å². The number of nitrogens with one attached hydrogen (secondary N) is 2. The lowest BCUT2D eigenvalue weighted by Gasteiger charge is -2.10. The van der Waals surface area contributed by atoms with E-state index >= 15 is 0 Å². The van der Waals surface area contributed by atoms with Crippen LogP contribution in [0.4, 0.5) is 10.5 Å². The Balaban J connectivity index is 2.01. The Labute approximate surface area is 106 Å². The third kappa shape index (κ3) is 3.29. The third-order valence-corrected chi connectivity index (χ3v) is 2.54. The lowest BCUT2D eigenvalue weighted by Crippen LogP contribution is -2.29.